The molecule has 2 aliphatic rings. The monoisotopic (exact) mass is 476 g/mol. The van der Waals surface area contributed by atoms with Crippen LogP contribution >= 0.6 is 15.6 Å². The highest BCUT2D eigenvalue weighted by molar-refractivity contribution is 7.61. The largest absolute Gasteiger partial charge is 0.537 e. The molecule has 0 spiro atoms. The van der Waals surface area contributed by atoms with Gasteiger partial charge < -0.3 is 9.05 Å². The van der Waals surface area contributed by atoms with Crippen LogP contribution in [0.25, 0.3) is 0 Å². The fraction of sp³-hybridized carbons (Fsp3) is 0.727. The van der Waals surface area contributed by atoms with E-state index in [1.807, 2.05) is 34.6 Å². The van der Waals surface area contributed by atoms with E-state index >= 15 is 0 Å². The van der Waals surface area contributed by atoms with Crippen molar-refractivity contribution in [3.63, 3.8) is 0 Å². The van der Waals surface area contributed by atoms with E-state index in [-0.39, 0.29) is 17.4 Å². The van der Waals surface area contributed by atoms with E-state index in [4.69, 9.17) is 9.05 Å². The molecule has 0 aliphatic carbocycles. The summed E-state index contributed by atoms with van der Waals surface area (Å²) in [5.41, 5.74) is 1.94. The molecule has 0 amide bonds. The topological polar surface area (TPSA) is 102 Å². The van der Waals surface area contributed by atoms with E-state index in [9.17, 15) is 18.9 Å². The van der Waals surface area contributed by atoms with Gasteiger partial charge in [-0.1, -0.05) is 75.2 Å². The molecule has 0 saturated carbocycles. The Bertz CT molecular complexity index is 927. The number of phosphoric acid groups is 2. The molecular weight excluding hydrogens is 438 g/mol. The van der Waals surface area contributed by atoms with Gasteiger partial charge in [0.25, 0.3) is 0 Å². The van der Waals surface area contributed by atoms with Crippen molar-refractivity contribution in [3.05, 3.63) is 22.3 Å². The summed E-state index contributed by atoms with van der Waals surface area (Å²) in [6.07, 6.45) is 2.78. The molecule has 2 aliphatic heterocycles. The van der Waals surface area contributed by atoms with Crippen LogP contribution < -0.4 is 9.05 Å². The number of hydrogen-bond donors (Lipinski definition) is 2. The van der Waals surface area contributed by atoms with Crippen molar-refractivity contribution in [1.82, 2.24) is 0 Å². The summed E-state index contributed by atoms with van der Waals surface area (Å²) in [5, 5.41) is 0. The van der Waals surface area contributed by atoms with Gasteiger partial charge in [0.05, 0.1) is 0 Å². The lowest BCUT2D eigenvalue weighted by Crippen LogP contribution is -2.31. The molecule has 178 valence electrons. The van der Waals surface area contributed by atoms with E-state index in [1.165, 1.54) is 0 Å². The molecule has 9 heteroatoms. The zero-order chi connectivity index (χ0) is 24.0. The molecule has 2 bridgehead atoms. The van der Waals surface area contributed by atoms with Crippen molar-refractivity contribution in [1.29, 1.82) is 0 Å². The third kappa shape index (κ3) is 5.07. The summed E-state index contributed by atoms with van der Waals surface area (Å²) < 4.78 is 41.4. The normalized spacial score (nSPS) is 24.4. The van der Waals surface area contributed by atoms with Crippen LogP contribution in [0.5, 0.6) is 11.5 Å². The second-order valence-electron chi connectivity index (χ2n) is 9.76. The standard InChI is InChI=1S/C22H38O7P2/c1-10-14(11-2)22(8,9)18-16(13-4)19-17(21(5,6)7)15(12-3)20(18)28-31(25,26)29-30(23,24)27-19/h14H,10-13H2,1-9H3,(H,23,24)(H,25,26). The van der Waals surface area contributed by atoms with Gasteiger partial charge in [-0.05, 0) is 29.6 Å². The maximum atomic E-state index is 12.8. The van der Waals surface area contributed by atoms with E-state index in [0.717, 1.165) is 18.4 Å². The zero-order valence-electron chi connectivity index (χ0n) is 20.2. The van der Waals surface area contributed by atoms with Crippen LogP contribution in [0.4, 0.5) is 0 Å². The molecule has 3 rings (SSSR count). The highest BCUT2D eigenvalue weighted by atomic mass is 31.3. The third-order valence-corrected chi connectivity index (χ3v) is 8.81. The third-order valence-electron chi connectivity index (χ3n) is 6.33. The van der Waals surface area contributed by atoms with Gasteiger partial charge in [0, 0.05) is 22.3 Å². The summed E-state index contributed by atoms with van der Waals surface area (Å²) in [4.78, 5) is 20.7. The van der Waals surface area contributed by atoms with Crippen molar-refractivity contribution in [2.75, 3.05) is 0 Å². The minimum Gasteiger partial charge on any atom is -0.403 e. The molecule has 1 aromatic carbocycles. The highest BCUT2D eigenvalue weighted by Gasteiger charge is 2.47. The summed E-state index contributed by atoms with van der Waals surface area (Å²) in [6.45, 7) is 18.2. The van der Waals surface area contributed by atoms with Crippen molar-refractivity contribution < 1.29 is 32.3 Å². The molecule has 0 fully saturated rings. The Morgan fingerprint density at radius 3 is 1.52 bits per heavy atom. The van der Waals surface area contributed by atoms with Gasteiger partial charge in [-0.15, -0.1) is 0 Å². The maximum absolute atomic E-state index is 12.8. The second kappa shape index (κ2) is 8.83. The van der Waals surface area contributed by atoms with Crippen LogP contribution in [-0.2, 0) is 37.1 Å². The lowest BCUT2D eigenvalue weighted by atomic mass is 9.66. The van der Waals surface area contributed by atoms with Gasteiger partial charge in [0.2, 0.25) is 0 Å². The second-order valence-corrected chi connectivity index (χ2v) is 12.7. The van der Waals surface area contributed by atoms with Gasteiger partial charge in [0.15, 0.2) is 0 Å². The molecule has 7 nitrogen and oxygen atoms in total. The molecule has 2 atom stereocenters. The number of benzene rings is 1. The van der Waals surface area contributed by atoms with Gasteiger partial charge >= 0.3 is 15.6 Å². The minimum absolute atomic E-state index is 0.249. The molecule has 31 heavy (non-hydrogen) atoms. The van der Waals surface area contributed by atoms with Crippen LogP contribution in [0, 0.1) is 5.92 Å². The Kier molecular flexibility index (Phi) is 7.53. The van der Waals surface area contributed by atoms with E-state index in [1.54, 1.807) is 0 Å². The highest BCUT2D eigenvalue weighted by Crippen LogP contribution is 2.65. The summed E-state index contributed by atoms with van der Waals surface area (Å²) in [6, 6.07) is 0. The summed E-state index contributed by atoms with van der Waals surface area (Å²) in [5.74, 6) is 0.793. The molecule has 0 aromatic heterocycles. The fourth-order valence-corrected chi connectivity index (χ4v) is 7.24. The number of fused-ring (bicyclic) bond motifs is 6. The molecule has 0 radical (unpaired) electrons. The molecule has 2 unspecified atom stereocenters. The molecule has 1 aromatic rings. The Hall–Kier alpha value is -0.840. The van der Waals surface area contributed by atoms with Crippen LogP contribution in [0.15, 0.2) is 0 Å². The average molecular weight is 476 g/mol. The minimum atomic E-state index is -4.93. The van der Waals surface area contributed by atoms with Crippen LogP contribution in [0.3, 0.4) is 0 Å². The first-order chi connectivity index (χ1) is 14.1. The maximum Gasteiger partial charge on any atom is 0.537 e. The first-order valence-corrected chi connectivity index (χ1v) is 14.0. The Labute approximate surface area is 186 Å². The first kappa shape index (κ1) is 26.4. The van der Waals surface area contributed by atoms with Crippen LogP contribution in [0.1, 0.15) is 97.4 Å². The average Bonchev–Trinajstić information content (AvgIpc) is 2.64. The fourth-order valence-electron chi connectivity index (χ4n) is 5.06. The van der Waals surface area contributed by atoms with Gasteiger partial charge in [-0.2, -0.15) is 4.31 Å². The van der Waals surface area contributed by atoms with Gasteiger partial charge in [-0.3, -0.25) is 9.79 Å². The number of hydrogen-bond acceptors (Lipinski definition) is 5. The Morgan fingerprint density at radius 2 is 1.16 bits per heavy atom. The van der Waals surface area contributed by atoms with E-state index in [0.29, 0.717) is 29.5 Å². The summed E-state index contributed by atoms with van der Waals surface area (Å²) in [7, 11) is -9.85. The van der Waals surface area contributed by atoms with Crippen molar-refractivity contribution in [2.45, 2.75) is 98.8 Å². The van der Waals surface area contributed by atoms with E-state index < -0.39 is 26.5 Å². The SMILES string of the molecule is CCc1c2c(C(C)(C)C(CC)CC)c(CC)c(c1C(C)(C)C)OP(=O)(O)OP(=O)(O)O2. The van der Waals surface area contributed by atoms with Crippen molar-refractivity contribution >= 4 is 15.6 Å². The van der Waals surface area contributed by atoms with Crippen LogP contribution in [-0.4, -0.2) is 9.79 Å². The predicted molar refractivity (Wildman–Crippen MR) is 123 cm³/mol. The lowest BCUT2D eigenvalue weighted by Gasteiger charge is -2.39. The smallest absolute Gasteiger partial charge is 0.403 e. The Morgan fingerprint density at radius 1 is 0.774 bits per heavy atom. The van der Waals surface area contributed by atoms with Crippen LogP contribution in [0.2, 0.25) is 0 Å². The number of phosphoric ester groups is 2. The molecule has 2 N–H and O–H groups in total. The Balaban J connectivity index is 3.18. The van der Waals surface area contributed by atoms with Crippen molar-refractivity contribution in [3.8, 4) is 11.5 Å². The van der Waals surface area contributed by atoms with Crippen molar-refractivity contribution in [2.24, 2.45) is 5.92 Å². The van der Waals surface area contributed by atoms with Gasteiger partial charge in [0.1, 0.15) is 11.5 Å². The molecular formula is C22H38O7P2. The van der Waals surface area contributed by atoms with E-state index in [2.05, 4.69) is 32.0 Å². The van der Waals surface area contributed by atoms with Gasteiger partial charge in [-0.25, -0.2) is 9.13 Å². The summed E-state index contributed by atoms with van der Waals surface area (Å²) >= 11 is 0. The number of rotatable bonds is 6. The quantitative estimate of drug-likeness (QED) is 0.435. The predicted octanol–water partition coefficient (Wildman–Crippen LogP) is 6.81. The molecule has 0 saturated heterocycles. The molecule has 2 heterocycles. The first-order valence-electron chi connectivity index (χ1n) is 11.0. The zero-order valence-corrected chi connectivity index (χ0v) is 22.0. The lowest BCUT2D eigenvalue weighted by molar-refractivity contribution is 0.234.